The number of hydrogen-bond donors (Lipinski definition) is 0. The maximum absolute atomic E-state index is 12.7. The number of ether oxygens (including phenoxy) is 1. The summed E-state index contributed by atoms with van der Waals surface area (Å²) >= 11 is 0. The maximum atomic E-state index is 12.7. The van der Waals surface area contributed by atoms with Gasteiger partial charge in [-0.15, -0.1) is 0 Å². The highest BCUT2D eigenvalue weighted by atomic mass is 16.5. The topological polar surface area (TPSA) is 85.5 Å². The van der Waals surface area contributed by atoms with Crippen LogP contribution >= 0.6 is 0 Å². The van der Waals surface area contributed by atoms with Crippen LogP contribution in [0.4, 0.5) is 0 Å². The van der Waals surface area contributed by atoms with Crippen molar-refractivity contribution in [3.63, 3.8) is 0 Å². The molecule has 1 atom stereocenters. The molecule has 0 radical (unpaired) electrons. The molecule has 3 aromatic rings. The lowest BCUT2D eigenvalue weighted by atomic mass is 10.1. The lowest BCUT2D eigenvalue weighted by Crippen LogP contribution is -2.30. The second-order valence-corrected chi connectivity index (χ2v) is 6.40. The van der Waals surface area contributed by atoms with Crippen LogP contribution < -0.4 is 4.74 Å². The standard InChI is InChI=1S/C21H21N3O4/c1-14(19-9-4-5-10-22-19)24(3)21(26)20-12-18(28-23-20)13-27-17-8-6-7-16(11-17)15(2)25/h4-12,14H,13H2,1-3H3/t14-/m0/s1. The SMILES string of the molecule is CC(=O)c1cccc(OCc2cc(C(=O)N(C)[C@@H](C)c3ccccn3)no2)c1. The summed E-state index contributed by atoms with van der Waals surface area (Å²) in [6, 6.07) is 13.8. The number of ketones is 1. The van der Waals surface area contributed by atoms with Crippen molar-refractivity contribution in [2.75, 3.05) is 7.05 Å². The third-order valence-corrected chi connectivity index (χ3v) is 4.42. The number of hydrogen-bond acceptors (Lipinski definition) is 6. The summed E-state index contributed by atoms with van der Waals surface area (Å²) < 4.78 is 10.8. The molecule has 144 valence electrons. The first kappa shape index (κ1) is 19.3. The van der Waals surface area contributed by atoms with E-state index in [1.54, 1.807) is 48.5 Å². The Morgan fingerprint density at radius 2 is 2.00 bits per heavy atom. The van der Waals surface area contributed by atoms with Gasteiger partial charge in [0.25, 0.3) is 5.91 Å². The molecule has 0 saturated carbocycles. The van der Waals surface area contributed by atoms with E-state index in [0.717, 1.165) is 5.69 Å². The quantitative estimate of drug-likeness (QED) is 0.582. The van der Waals surface area contributed by atoms with E-state index in [0.29, 0.717) is 17.1 Å². The molecule has 7 nitrogen and oxygen atoms in total. The number of pyridine rings is 1. The molecule has 1 amide bonds. The zero-order chi connectivity index (χ0) is 20.1. The average Bonchev–Trinajstić information content (AvgIpc) is 3.20. The Balaban J connectivity index is 1.64. The van der Waals surface area contributed by atoms with Gasteiger partial charge in [0.15, 0.2) is 17.2 Å². The number of Topliss-reactive ketones (excluding diaryl/α,β-unsaturated/α-hetero) is 1. The van der Waals surface area contributed by atoms with Crippen LogP contribution in [0.5, 0.6) is 5.75 Å². The van der Waals surface area contributed by atoms with Gasteiger partial charge in [-0.2, -0.15) is 0 Å². The fourth-order valence-corrected chi connectivity index (χ4v) is 2.62. The first-order valence-electron chi connectivity index (χ1n) is 8.83. The number of benzene rings is 1. The van der Waals surface area contributed by atoms with Crippen LogP contribution in [0.3, 0.4) is 0 Å². The molecule has 0 aliphatic carbocycles. The Labute approximate surface area is 162 Å². The lowest BCUT2D eigenvalue weighted by molar-refractivity contribution is 0.0728. The van der Waals surface area contributed by atoms with E-state index in [1.807, 2.05) is 25.1 Å². The minimum atomic E-state index is -0.272. The predicted octanol–water partition coefficient (Wildman–Crippen LogP) is 3.68. The van der Waals surface area contributed by atoms with Gasteiger partial charge in [-0.05, 0) is 38.1 Å². The Bertz CT molecular complexity index is 969. The van der Waals surface area contributed by atoms with Crippen molar-refractivity contribution in [2.24, 2.45) is 0 Å². The van der Waals surface area contributed by atoms with Gasteiger partial charge in [-0.1, -0.05) is 23.4 Å². The summed E-state index contributed by atoms with van der Waals surface area (Å²) in [7, 11) is 1.69. The first-order chi connectivity index (χ1) is 13.5. The predicted molar refractivity (Wildman–Crippen MR) is 102 cm³/mol. The number of carbonyl (C=O) groups excluding carboxylic acids is 2. The zero-order valence-corrected chi connectivity index (χ0v) is 16.0. The van der Waals surface area contributed by atoms with Gasteiger partial charge in [0.1, 0.15) is 12.4 Å². The molecule has 0 aliphatic rings. The fourth-order valence-electron chi connectivity index (χ4n) is 2.62. The van der Waals surface area contributed by atoms with Crippen molar-refractivity contribution in [1.82, 2.24) is 15.0 Å². The molecule has 3 rings (SSSR count). The minimum Gasteiger partial charge on any atom is -0.486 e. The monoisotopic (exact) mass is 379 g/mol. The molecule has 0 fully saturated rings. The van der Waals surface area contributed by atoms with Crippen LogP contribution in [0.15, 0.2) is 59.3 Å². The van der Waals surface area contributed by atoms with Crippen molar-refractivity contribution in [3.05, 3.63) is 77.4 Å². The summed E-state index contributed by atoms with van der Waals surface area (Å²) in [5.74, 6) is 0.642. The molecule has 0 unspecified atom stereocenters. The van der Waals surface area contributed by atoms with Gasteiger partial charge in [0.2, 0.25) is 0 Å². The average molecular weight is 379 g/mol. The van der Waals surface area contributed by atoms with Crippen molar-refractivity contribution in [1.29, 1.82) is 0 Å². The minimum absolute atomic E-state index is 0.0388. The van der Waals surface area contributed by atoms with Crippen LogP contribution in [-0.2, 0) is 6.61 Å². The van der Waals surface area contributed by atoms with Crippen LogP contribution in [0.25, 0.3) is 0 Å². The Morgan fingerprint density at radius 3 is 2.71 bits per heavy atom. The Kier molecular flexibility index (Phi) is 5.84. The summed E-state index contributed by atoms with van der Waals surface area (Å²) in [6.07, 6.45) is 1.69. The second kappa shape index (κ2) is 8.47. The molecule has 0 spiro atoms. The largest absolute Gasteiger partial charge is 0.486 e. The third kappa shape index (κ3) is 4.43. The van der Waals surface area contributed by atoms with E-state index in [4.69, 9.17) is 9.26 Å². The molecule has 28 heavy (non-hydrogen) atoms. The molecule has 0 aliphatic heterocycles. The van der Waals surface area contributed by atoms with Crippen LogP contribution in [-0.4, -0.2) is 33.8 Å². The van der Waals surface area contributed by atoms with Crippen molar-refractivity contribution in [2.45, 2.75) is 26.5 Å². The fraction of sp³-hybridized carbons (Fsp3) is 0.238. The summed E-state index contributed by atoms with van der Waals surface area (Å²) in [6.45, 7) is 3.49. The summed E-state index contributed by atoms with van der Waals surface area (Å²) in [5, 5.41) is 3.85. The van der Waals surface area contributed by atoms with Crippen LogP contribution in [0.1, 0.15) is 52.2 Å². The van der Waals surface area contributed by atoms with Gasteiger partial charge in [0.05, 0.1) is 11.7 Å². The summed E-state index contributed by atoms with van der Waals surface area (Å²) in [5.41, 5.74) is 1.55. The molecule has 1 aromatic carbocycles. The van der Waals surface area contributed by atoms with E-state index in [2.05, 4.69) is 10.1 Å². The highest BCUT2D eigenvalue weighted by molar-refractivity contribution is 5.94. The smallest absolute Gasteiger partial charge is 0.276 e. The van der Waals surface area contributed by atoms with Gasteiger partial charge in [-0.3, -0.25) is 14.6 Å². The highest BCUT2D eigenvalue weighted by Crippen LogP contribution is 2.20. The maximum Gasteiger partial charge on any atom is 0.276 e. The third-order valence-electron chi connectivity index (χ3n) is 4.42. The van der Waals surface area contributed by atoms with Crippen LogP contribution in [0.2, 0.25) is 0 Å². The summed E-state index contributed by atoms with van der Waals surface area (Å²) in [4.78, 5) is 29.9. The molecular formula is C21H21N3O4. The molecular weight excluding hydrogens is 358 g/mol. The number of aromatic nitrogens is 2. The second-order valence-electron chi connectivity index (χ2n) is 6.40. The molecule has 0 bridgehead atoms. The normalized spacial score (nSPS) is 11.7. The van der Waals surface area contributed by atoms with Crippen molar-refractivity contribution in [3.8, 4) is 5.75 Å². The molecule has 0 saturated heterocycles. The lowest BCUT2D eigenvalue weighted by Gasteiger charge is -2.23. The first-order valence-corrected chi connectivity index (χ1v) is 8.83. The number of carbonyl (C=O) groups is 2. The Hall–Kier alpha value is -3.48. The van der Waals surface area contributed by atoms with E-state index in [-0.39, 0.29) is 30.0 Å². The van der Waals surface area contributed by atoms with E-state index in [1.165, 1.54) is 6.92 Å². The van der Waals surface area contributed by atoms with Gasteiger partial charge in [-0.25, -0.2) is 0 Å². The van der Waals surface area contributed by atoms with E-state index in [9.17, 15) is 9.59 Å². The van der Waals surface area contributed by atoms with Gasteiger partial charge < -0.3 is 14.2 Å². The van der Waals surface area contributed by atoms with Crippen molar-refractivity contribution >= 4 is 11.7 Å². The number of rotatable bonds is 7. The number of nitrogens with zero attached hydrogens (tertiary/aromatic N) is 3. The van der Waals surface area contributed by atoms with Crippen molar-refractivity contribution < 1.29 is 18.8 Å². The molecule has 2 aromatic heterocycles. The zero-order valence-electron chi connectivity index (χ0n) is 16.0. The van der Waals surface area contributed by atoms with Gasteiger partial charge >= 0.3 is 0 Å². The van der Waals surface area contributed by atoms with Crippen LogP contribution in [0, 0.1) is 0 Å². The molecule has 7 heteroatoms. The number of amides is 1. The molecule has 2 heterocycles. The highest BCUT2D eigenvalue weighted by Gasteiger charge is 2.23. The van der Waals surface area contributed by atoms with Gasteiger partial charge in [0, 0.05) is 24.9 Å². The molecule has 0 N–H and O–H groups in total. The van der Waals surface area contributed by atoms with E-state index < -0.39 is 0 Å². The van der Waals surface area contributed by atoms with E-state index >= 15 is 0 Å². The Morgan fingerprint density at radius 1 is 1.18 bits per heavy atom.